The van der Waals surface area contributed by atoms with Gasteiger partial charge in [0.25, 0.3) is 0 Å². The first-order valence-electron chi connectivity index (χ1n) is 8.23. The lowest BCUT2D eigenvalue weighted by Crippen LogP contribution is -2.19. The van der Waals surface area contributed by atoms with E-state index in [0.717, 1.165) is 18.4 Å². The van der Waals surface area contributed by atoms with Crippen LogP contribution in [0.1, 0.15) is 35.7 Å². The van der Waals surface area contributed by atoms with Gasteiger partial charge in [0, 0.05) is 19.7 Å². The van der Waals surface area contributed by atoms with Gasteiger partial charge in [0.15, 0.2) is 10.4 Å². The number of unbranched alkanes of at least 4 members (excludes halogenated alkanes) is 1. The molecule has 0 aliphatic heterocycles. The maximum Gasteiger partial charge on any atom is 0.347 e. The Bertz CT molecular complexity index is 733. The van der Waals surface area contributed by atoms with Gasteiger partial charge in [0.2, 0.25) is 0 Å². The predicted octanol–water partition coefficient (Wildman–Crippen LogP) is 4.62. The number of anilines is 1. The summed E-state index contributed by atoms with van der Waals surface area (Å²) in [4.78, 5) is 19.2. The third kappa shape index (κ3) is 4.72. The van der Waals surface area contributed by atoms with Crippen molar-refractivity contribution in [3.63, 3.8) is 0 Å². The maximum absolute atomic E-state index is 12.8. The Morgan fingerprint density at radius 1 is 1.24 bits per heavy atom. The normalized spacial score (nSPS) is 10.4. The third-order valence-corrected chi connectivity index (χ3v) is 4.19. The zero-order valence-corrected chi connectivity index (χ0v) is 16.6. The minimum atomic E-state index is -0.457. The minimum absolute atomic E-state index is 0.394. The van der Waals surface area contributed by atoms with Crippen LogP contribution in [0.3, 0.4) is 0 Å². The zero-order valence-electron chi connectivity index (χ0n) is 15.0. The predicted molar refractivity (Wildman–Crippen MR) is 103 cm³/mol. The van der Waals surface area contributed by atoms with Crippen molar-refractivity contribution in [2.75, 3.05) is 25.6 Å². The number of ether oxygens (including phenoxy) is 2. The van der Waals surface area contributed by atoms with Crippen LogP contribution >= 0.6 is 15.9 Å². The van der Waals surface area contributed by atoms with E-state index in [2.05, 4.69) is 27.8 Å². The van der Waals surface area contributed by atoms with Crippen LogP contribution in [0.2, 0.25) is 0 Å². The van der Waals surface area contributed by atoms with E-state index >= 15 is 0 Å². The Balaban J connectivity index is 2.45. The smallest absolute Gasteiger partial charge is 0.347 e. The quantitative estimate of drug-likeness (QED) is 0.290. The molecule has 0 saturated heterocycles. The largest absolute Gasteiger partial charge is 0.490 e. The van der Waals surface area contributed by atoms with Gasteiger partial charge in [-0.05, 0) is 41.4 Å². The first-order valence-corrected chi connectivity index (χ1v) is 9.02. The lowest BCUT2D eigenvalue weighted by atomic mass is 10.1. The van der Waals surface area contributed by atoms with E-state index in [1.165, 1.54) is 0 Å². The average Bonchev–Trinajstić information content (AvgIpc) is 2.58. The van der Waals surface area contributed by atoms with Gasteiger partial charge in [-0.3, -0.25) is 0 Å². The van der Waals surface area contributed by atoms with E-state index < -0.39 is 5.97 Å². The van der Waals surface area contributed by atoms with Gasteiger partial charge in [-0.25, -0.2) is 9.78 Å². The fraction of sp³-hybridized carbons (Fsp3) is 0.368. The Kier molecular flexibility index (Phi) is 6.82. The third-order valence-electron chi connectivity index (χ3n) is 3.65. The highest BCUT2D eigenvalue weighted by molar-refractivity contribution is 9.10. The molecular formula is C19H23BrN2O3. The summed E-state index contributed by atoms with van der Waals surface area (Å²) in [7, 11) is 3.76. The number of benzene rings is 1. The molecule has 25 heavy (non-hydrogen) atoms. The van der Waals surface area contributed by atoms with Crippen molar-refractivity contribution < 1.29 is 14.3 Å². The Hall–Kier alpha value is -2.08. The van der Waals surface area contributed by atoms with Gasteiger partial charge in [0.1, 0.15) is 17.1 Å². The first-order chi connectivity index (χ1) is 12.0. The molecular weight excluding hydrogens is 384 g/mol. The zero-order chi connectivity index (χ0) is 18.4. The molecule has 0 fully saturated rings. The molecule has 2 rings (SSSR count). The highest BCUT2D eigenvalue weighted by Crippen LogP contribution is 2.35. The number of hydrogen-bond donors (Lipinski definition) is 0. The summed E-state index contributed by atoms with van der Waals surface area (Å²) in [6.07, 6.45) is 1.90. The highest BCUT2D eigenvalue weighted by atomic mass is 79.9. The fourth-order valence-electron chi connectivity index (χ4n) is 2.39. The SMILES string of the molecule is CCCCOc1c(Br)nc(N(C)C)c(C)c1C(=O)Oc1ccccc1. The summed E-state index contributed by atoms with van der Waals surface area (Å²) in [6, 6.07) is 9.00. The molecule has 0 N–H and O–H groups in total. The molecule has 0 amide bonds. The van der Waals surface area contributed by atoms with Crippen LogP contribution in [0.4, 0.5) is 5.82 Å². The van der Waals surface area contributed by atoms with Crippen LogP contribution in [0.5, 0.6) is 11.5 Å². The molecule has 6 heteroatoms. The summed E-state index contributed by atoms with van der Waals surface area (Å²) < 4.78 is 11.9. The Morgan fingerprint density at radius 2 is 1.92 bits per heavy atom. The topological polar surface area (TPSA) is 51.7 Å². The van der Waals surface area contributed by atoms with E-state index in [9.17, 15) is 4.79 Å². The Labute approximate surface area is 157 Å². The number of rotatable bonds is 7. The molecule has 0 radical (unpaired) electrons. The van der Waals surface area contributed by atoms with Crippen molar-refractivity contribution in [2.24, 2.45) is 0 Å². The number of pyridine rings is 1. The molecule has 1 aromatic carbocycles. The van der Waals surface area contributed by atoms with E-state index in [0.29, 0.717) is 34.1 Å². The summed E-state index contributed by atoms with van der Waals surface area (Å²) >= 11 is 3.44. The summed E-state index contributed by atoms with van der Waals surface area (Å²) in [6.45, 7) is 4.45. The van der Waals surface area contributed by atoms with Gasteiger partial charge in [0.05, 0.1) is 6.61 Å². The highest BCUT2D eigenvalue weighted by Gasteiger charge is 2.25. The molecule has 0 atom stereocenters. The fourth-order valence-corrected chi connectivity index (χ4v) is 2.87. The lowest BCUT2D eigenvalue weighted by Gasteiger charge is -2.20. The lowest BCUT2D eigenvalue weighted by molar-refractivity contribution is 0.0729. The standard InChI is InChI=1S/C19H23BrN2O3/c1-5-6-12-24-16-15(13(2)18(22(3)4)21-17(16)20)19(23)25-14-10-8-7-9-11-14/h7-11H,5-6,12H2,1-4H3. The molecule has 5 nitrogen and oxygen atoms in total. The van der Waals surface area contributed by atoms with Crippen molar-refractivity contribution in [3.05, 3.63) is 46.1 Å². The molecule has 0 unspecified atom stereocenters. The second-order valence-corrected chi connectivity index (χ2v) is 6.61. The number of hydrogen-bond acceptors (Lipinski definition) is 5. The number of esters is 1. The molecule has 0 aliphatic rings. The van der Waals surface area contributed by atoms with E-state index in [-0.39, 0.29) is 0 Å². The monoisotopic (exact) mass is 406 g/mol. The van der Waals surface area contributed by atoms with Crippen molar-refractivity contribution in [2.45, 2.75) is 26.7 Å². The number of nitrogens with zero attached hydrogens (tertiary/aromatic N) is 2. The van der Waals surface area contributed by atoms with Gasteiger partial charge in [-0.1, -0.05) is 31.5 Å². The molecule has 0 bridgehead atoms. The second kappa shape index (κ2) is 8.85. The average molecular weight is 407 g/mol. The number of carbonyl (C=O) groups excluding carboxylic acids is 1. The molecule has 0 spiro atoms. The van der Waals surface area contributed by atoms with E-state index in [1.807, 2.05) is 44.1 Å². The van der Waals surface area contributed by atoms with Crippen molar-refractivity contribution in [3.8, 4) is 11.5 Å². The molecule has 1 heterocycles. The van der Waals surface area contributed by atoms with Crippen molar-refractivity contribution >= 4 is 27.7 Å². The van der Waals surface area contributed by atoms with Crippen molar-refractivity contribution in [1.29, 1.82) is 0 Å². The Morgan fingerprint density at radius 3 is 2.52 bits per heavy atom. The summed E-state index contributed by atoms with van der Waals surface area (Å²) in [5.41, 5.74) is 1.12. The van der Waals surface area contributed by atoms with E-state index in [4.69, 9.17) is 9.47 Å². The molecule has 134 valence electrons. The number of aromatic nitrogens is 1. The van der Waals surface area contributed by atoms with E-state index in [1.54, 1.807) is 12.1 Å². The van der Waals surface area contributed by atoms with Crippen LogP contribution < -0.4 is 14.4 Å². The summed E-state index contributed by atoms with van der Waals surface area (Å²) in [5, 5.41) is 0. The molecule has 2 aromatic rings. The molecule has 0 saturated carbocycles. The molecule has 1 aromatic heterocycles. The summed E-state index contributed by atoms with van der Waals surface area (Å²) in [5.74, 6) is 1.15. The van der Waals surface area contributed by atoms with Crippen LogP contribution in [-0.2, 0) is 0 Å². The van der Waals surface area contributed by atoms with Crippen LogP contribution in [0.25, 0.3) is 0 Å². The number of halogens is 1. The van der Waals surface area contributed by atoms with Crippen molar-refractivity contribution in [1.82, 2.24) is 4.98 Å². The van der Waals surface area contributed by atoms with Gasteiger partial charge in [-0.2, -0.15) is 0 Å². The number of carbonyl (C=O) groups is 1. The molecule has 0 aliphatic carbocycles. The second-order valence-electron chi connectivity index (χ2n) is 5.85. The van der Waals surface area contributed by atoms with Gasteiger partial charge >= 0.3 is 5.97 Å². The minimum Gasteiger partial charge on any atom is -0.490 e. The maximum atomic E-state index is 12.8. The first kappa shape index (κ1) is 19.2. The van der Waals surface area contributed by atoms with Gasteiger partial charge < -0.3 is 14.4 Å². The van der Waals surface area contributed by atoms with Crippen LogP contribution in [-0.4, -0.2) is 31.7 Å². The van der Waals surface area contributed by atoms with Crippen LogP contribution in [0, 0.1) is 6.92 Å². The van der Waals surface area contributed by atoms with Gasteiger partial charge in [-0.15, -0.1) is 0 Å². The van der Waals surface area contributed by atoms with Crippen LogP contribution in [0.15, 0.2) is 34.9 Å². The number of para-hydroxylation sites is 1.